The number of nitrogens with one attached hydrogen (secondary N) is 1. The second-order valence-electron chi connectivity index (χ2n) is 4.18. The minimum atomic E-state index is 0.717. The Hall–Kier alpha value is -0.610. The molecule has 0 aliphatic heterocycles. The molecule has 1 aliphatic rings. The van der Waals surface area contributed by atoms with Crippen LogP contribution < -0.4 is 10.2 Å². The van der Waals surface area contributed by atoms with Crippen LogP contribution in [0.3, 0.4) is 0 Å². The van der Waals surface area contributed by atoms with E-state index in [1.807, 2.05) is 13.2 Å². The van der Waals surface area contributed by atoms with Crippen molar-refractivity contribution in [2.75, 3.05) is 18.5 Å². The van der Waals surface area contributed by atoms with Crippen molar-refractivity contribution in [3.05, 3.63) is 22.3 Å². The fraction of sp³-hybridized carbons (Fsp3) is 0.583. The van der Waals surface area contributed by atoms with Crippen molar-refractivity contribution in [3.8, 4) is 0 Å². The van der Waals surface area contributed by atoms with Gasteiger partial charge in [-0.25, -0.2) is 4.98 Å². The molecule has 0 saturated heterocycles. The summed E-state index contributed by atoms with van der Waals surface area (Å²) in [6.07, 6.45) is 4.51. The van der Waals surface area contributed by atoms with Crippen LogP contribution in [0.15, 0.2) is 16.7 Å². The minimum absolute atomic E-state index is 0.717. The first-order valence-electron chi connectivity index (χ1n) is 5.82. The third-order valence-corrected chi connectivity index (χ3v) is 3.31. The van der Waals surface area contributed by atoms with Crippen molar-refractivity contribution in [2.24, 2.45) is 0 Å². The molecule has 0 bridgehead atoms. The summed E-state index contributed by atoms with van der Waals surface area (Å²) in [6.45, 7) is 4.10. The first-order valence-corrected chi connectivity index (χ1v) is 6.61. The number of anilines is 1. The Bertz CT molecular complexity index is 363. The summed E-state index contributed by atoms with van der Waals surface area (Å²) in [5, 5.41) is 3.20. The number of hydrogen-bond acceptors (Lipinski definition) is 3. The van der Waals surface area contributed by atoms with Crippen molar-refractivity contribution >= 4 is 21.7 Å². The first-order chi connectivity index (χ1) is 7.76. The molecule has 1 N–H and O–H groups in total. The predicted octanol–water partition coefficient (Wildman–Crippen LogP) is 2.55. The van der Waals surface area contributed by atoms with Gasteiger partial charge in [-0.3, -0.25) is 0 Å². The van der Waals surface area contributed by atoms with Gasteiger partial charge in [0.05, 0.1) is 0 Å². The molecule has 0 atom stereocenters. The molecule has 88 valence electrons. The zero-order valence-corrected chi connectivity index (χ0v) is 11.4. The summed E-state index contributed by atoms with van der Waals surface area (Å²) in [4.78, 5) is 6.98. The van der Waals surface area contributed by atoms with E-state index in [-0.39, 0.29) is 0 Å². The average Bonchev–Trinajstić information content (AvgIpc) is 3.07. The molecule has 0 amide bonds. The molecule has 1 saturated carbocycles. The normalized spacial score (nSPS) is 15.2. The lowest BCUT2D eigenvalue weighted by Crippen LogP contribution is -2.28. The monoisotopic (exact) mass is 283 g/mol. The molecule has 1 aromatic heterocycles. The van der Waals surface area contributed by atoms with Gasteiger partial charge in [-0.05, 0) is 48.8 Å². The molecule has 1 fully saturated rings. The Balaban J connectivity index is 2.29. The van der Waals surface area contributed by atoms with Gasteiger partial charge < -0.3 is 10.2 Å². The summed E-state index contributed by atoms with van der Waals surface area (Å²) in [7, 11) is 1.97. The molecular formula is C12H18BrN3. The molecule has 1 heterocycles. The van der Waals surface area contributed by atoms with Gasteiger partial charge in [-0.1, -0.05) is 0 Å². The fourth-order valence-electron chi connectivity index (χ4n) is 2.02. The Kier molecular flexibility index (Phi) is 3.82. The largest absolute Gasteiger partial charge is 0.354 e. The molecule has 0 aromatic carbocycles. The van der Waals surface area contributed by atoms with Crippen LogP contribution in [-0.2, 0) is 6.54 Å². The lowest BCUT2D eigenvalue weighted by atomic mass is 10.2. The number of pyridine rings is 1. The second kappa shape index (κ2) is 5.15. The van der Waals surface area contributed by atoms with E-state index in [2.05, 4.69) is 44.1 Å². The standard InChI is InChI=1S/C12H18BrN3/c1-3-16(11-4-5-11)12-9(7-14-2)6-10(13)8-15-12/h6,8,11,14H,3-5,7H2,1-2H3. The van der Waals surface area contributed by atoms with Gasteiger partial charge in [-0.2, -0.15) is 0 Å². The topological polar surface area (TPSA) is 28.2 Å². The molecular weight excluding hydrogens is 266 g/mol. The highest BCUT2D eigenvalue weighted by molar-refractivity contribution is 9.10. The van der Waals surface area contributed by atoms with Crippen LogP contribution in [0.1, 0.15) is 25.3 Å². The molecule has 1 aliphatic carbocycles. The van der Waals surface area contributed by atoms with E-state index < -0.39 is 0 Å². The van der Waals surface area contributed by atoms with Crippen LogP contribution in [0.25, 0.3) is 0 Å². The number of aromatic nitrogens is 1. The van der Waals surface area contributed by atoms with Crippen molar-refractivity contribution in [1.29, 1.82) is 0 Å². The zero-order valence-electron chi connectivity index (χ0n) is 9.83. The summed E-state index contributed by atoms with van der Waals surface area (Å²) in [5.74, 6) is 1.14. The minimum Gasteiger partial charge on any atom is -0.354 e. The summed E-state index contributed by atoms with van der Waals surface area (Å²) >= 11 is 3.48. The van der Waals surface area contributed by atoms with Gasteiger partial charge in [0.15, 0.2) is 0 Å². The lowest BCUT2D eigenvalue weighted by Gasteiger charge is -2.24. The number of nitrogens with zero attached hydrogens (tertiary/aromatic N) is 2. The van der Waals surface area contributed by atoms with Gasteiger partial charge >= 0.3 is 0 Å². The highest BCUT2D eigenvalue weighted by Crippen LogP contribution is 2.32. The van der Waals surface area contributed by atoms with Gasteiger partial charge in [0.25, 0.3) is 0 Å². The first kappa shape index (κ1) is 11.9. The molecule has 3 nitrogen and oxygen atoms in total. The summed E-state index contributed by atoms with van der Waals surface area (Å²) in [5.41, 5.74) is 1.27. The Morgan fingerprint density at radius 2 is 2.31 bits per heavy atom. The third kappa shape index (κ3) is 2.55. The predicted molar refractivity (Wildman–Crippen MR) is 70.7 cm³/mol. The smallest absolute Gasteiger partial charge is 0.133 e. The molecule has 16 heavy (non-hydrogen) atoms. The van der Waals surface area contributed by atoms with E-state index >= 15 is 0 Å². The van der Waals surface area contributed by atoms with Gasteiger partial charge in [-0.15, -0.1) is 0 Å². The number of hydrogen-bond donors (Lipinski definition) is 1. The molecule has 0 unspecified atom stereocenters. The Morgan fingerprint density at radius 1 is 1.56 bits per heavy atom. The molecule has 2 rings (SSSR count). The summed E-state index contributed by atoms with van der Waals surface area (Å²) in [6, 6.07) is 2.87. The van der Waals surface area contributed by atoms with Crippen LogP contribution in [0, 0.1) is 0 Å². The van der Waals surface area contributed by atoms with Crippen molar-refractivity contribution in [2.45, 2.75) is 32.4 Å². The van der Waals surface area contributed by atoms with Crippen molar-refractivity contribution < 1.29 is 0 Å². The maximum atomic E-state index is 4.57. The van der Waals surface area contributed by atoms with Crippen LogP contribution in [0.4, 0.5) is 5.82 Å². The highest BCUT2D eigenvalue weighted by Gasteiger charge is 2.29. The SMILES string of the molecule is CCN(c1ncc(Br)cc1CNC)C1CC1. The van der Waals surface area contributed by atoms with E-state index in [1.165, 1.54) is 18.4 Å². The lowest BCUT2D eigenvalue weighted by molar-refractivity contribution is 0.766. The summed E-state index contributed by atoms with van der Waals surface area (Å²) < 4.78 is 1.05. The molecule has 0 radical (unpaired) electrons. The van der Waals surface area contributed by atoms with Crippen molar-refractivity contribution in [1.82, 2.24) is 10.3 Å². The van der Waals surface area contributed by atoms with Crippen LogP contribution in [-0.4, -0.2) is 24.6 Å². The highest BCUT2D eigenvalue weighted by atomic mass is 79.9. The van der Waals surface area contributed by atoms with E-state index in [0.717, 1.165) is 23.4 Å². The van der Waals surface area contributed by atoms with E-state index in [9.17, 15) is 0 Å². The fourth-order valence-corrected chi connectivity index (χ4v) is 2.40. The van der Waals surface area contributed by atoms with Gasteiger partial charge in [0, 0.05) is 35.4 Å². The average molecular weight is 284 g/mol. The maximum Gasteiger partial charge on any atom is 0.133 e. The zero-order chi connectivity index (χ0) is 11.5. The molecule has 0 spiro atoms. The van der Waals surface area contributed by atoms with Gasteiger partial charge in [0.1, 0.15) is 5.82 Å². The van der Waals surface area contributed by atoms with E-state index in [0.29, 0.717) is 6.04 Å². The Morgan fingerprint density at radius 3 is 2.88 bits per heavy atom. The number of halogens is 1. The van der Waals surface area contributed by atoms with Crippen molar-refractivity contribution in [3.63, 3.8) is 0 Å². The molecule has 4 heteroatoms. The van der Waals surface area contributed by atoms with E-state index in [4.69, 9.17) is 0 Å². The Labute approximate surface area is 105 Å². The van der Waals surface area contributed by atoms with Gasteiger partial charge in [0.2, 0.25) is 0 Å². The van der Waals surface area contributed by atoms with Crippen LogP contribution in [0.2, 0.25) is 0 Å². The maximum absolute atomic E-state index is 4.57. The van der Waals surface area contributed by atoms with E-state index in [1.54, 1.807) is 0 Å². The third-order valence-electron chi connectivity index (χ3n) is 2.88. The van der Waals surface area contributed by atoms with Crippen LogP contribution >= 0.6 is 15.9 Å². The quantitative estimate of drug-likeness (QED) is 0.900. The van der Waals surface area contributed by atoms with Crippen LogP contribution in [0.5, 0.6) is 0 Å². The molecule has 1 aromatic rings. The number of rotatable bonds is 5. The second-order valence-corrected chi connectivity index (χ2v) is 5.10.